The SMILES string of the molecule is Cc1ccccc1N=C1/C(=C(\C#N)c2ccc(/C(C#N)=C3\Nc4c(C)cccc4C3=Nc3ccccc3C)cc2)Nc2c(C)cccc21. The van der Waals surface area contributed by atoms with E-state index in [1.807, 2.05) is 137 Å². The molecule has 6 nitrogen and oxygen atoms in total. The molecule has 0 aromatic heterocycles. The molecule has 0 bridgehead atoms. The van der Waals surface area contributed by atoms with Crippen molar-refractivity contribution in [3.8, 4) is 12.1 Å². The van der Waals surface area contributed by atoms with Gasteiger partial charge in [-0.3, -0.25) is 0 Å². The third-order valence-electron chi connectivity index (χ3n) is 8.91. The normalized spacial score (nSPS) is 16.8. The number of nitrogens with zero attached hydrogens (tertiary/aromatic N) is 4. The third kappa shape index (κ3) is 5.26. The Morgan fingerprint density at radius 3 is 1.23 bits per heavy atom. The van der Waals surface area contributed by atoms with Gasteiger partial charge in [0.2, 0.25) is 0 Å². The predicted octanol–water partition coefficient (Wildman–Crippen LogP) is 9.88. The minimum atomic E-state index is 0.472. The second-order valence-electron chi connectivity index (χ2n) is 12.0. The van der Waals surface area contributed by atoms with Crippen LogP contribution in [-0.2, 0) is 0 Å². The van der Waals surface area contributed by atoms with Crippen molar-refractivity contribution in [3.63, 3.8) is 0 Å². The van der Waals surface area contributed by atoms with Crippen LogP contribution in [0.5, 0.6) is 0 Å². The van der Waals surface area contributed by atoms with Crippen molar-refractivity contribution in [2.45, 2.75) is 27.7 Å². The first-order valence-electron chi connectivity index (χ1n) is 15.8. The van der Waals surface area contributed by atoms with E-state index < -0.39 is 0 Å². The Bertz CT molecular complexity index is 2170. The summed E-state index contributed by atoms with van der Waals surface area (Å²) in [5.74, 6) is 0. The molecule has 5 aromatic rings. The highest BCUT2D eigenvalue weighted by Crippen LogP contribution is 2.39. The van der Waals surface area contributed by atoms with E-state index >= 15 is 0 Å². The standard InChI is InChI=1S/C42H32N6/c1-25-11-5-7-17-35(25)45-39-31-15-9-13-27(3)37(31)47-41(39)33(23-43)29-19-21-30(22-20-29)34(24-44)42-40(46-36-18-8-6-12-26(36)2)32-16-10-14-28(4)38(32)48-42/h5-22,47-48H,1-4H3/b41-33-,42-34-,45-39?,46-40?. The first kappa shape index (κ1) is 30.2. The first-order valence-corrected chi connectivity index (χ1v) is 15.8. The molecule has 0 unspecified atom stereocenters. The van der Waals surface area contributed by atoms with E-state index in [1.54, 1.807) is 0 Å². The molecule has 0 fully saturated rings. The van der Waals surface area contributed by atoms with Crippen LogP contribution in [0.4, 0.5) is 22.7 Å². The number of nitriles is 2. The van der Waals surface area contributed by atoms with Crippen LogP contribution in [0.3, 0.4) is 0 Å². The quantitative estimate of drug-likeness (QED) is 0.196. The van der Waals surface area contributed by atoms with E-state index in [9.17, 15) is 10.5 Å². The summed E-state index contributed by atoms with van der Waals surface area (Å²) in [6.07, 6.45) is 0. The highest BCUT2D eigenvalue weighted by molar-refractivity contribution is 6.28. The number of hydrogen-bond donors (Lipinski definition) is 2. The van der Waals surface area contributed by atoms with E-state index in [0.717, 1.165) is 78.7 Å². The summed E-state index contributed by atoms with van der Waals surface area (Å²) in [6.45, 7) is 8.16. The molecule has 2 heterocycles. The highest BCUT2D eigenvalue weighted by Gasteiger charge is 2.30. The van der Waals surface area contributed by atoms with Crippen molar-refractivity contribution in [1.29, 1.82) is 10.5 Å². The molecule has 48 heavy (non-hydrogen) atoms. The van der Waals surface area contributed by atoms with E-state index in [2.05, 4.69) is 22.8 Å². The number of fused-ring (bicyclic) bond motifs is 2. The van der Waals surface area contributed by atoms with Crippen molar-refractivity contribution in [3.05, 3.63) is 165 Å². The van der Waals surface area contributed by atoms with Gasteiger partial charge in [-0.1, -0.05) is 97.1 Å². The number of nitrogens with one attached hydrogen (secondary N) is 2. The number of benzene rings is 5. The maximum Gasteiger partial charge on any atom is 0.102 e. The number of hydrogen-bond acceptors (Lipinski definition) is 6. The van der Waals surface area contributed by atoms with Gasteiger partial charge in [-0.2, -0.15) is 10.5 Å². The highest BCUT2D eigenvalue weighted by atomic mass is 15.0. The van der Waals surface area contributed by atoms with E-state index in [1.165, 1.54) is 0 Å². The molecule has 6 heteroatoms. The van der Waals surface area contributed by atoms with E-state index in [-0.39, 0.29) is 0 Å². The molecule has 0 spiro atoms. The van der Waals surface area contributed by atoms with E-state index in [4.69, 9.17) is 9.98 Å². The number of aliphatic imine (C=N–C) groups is 2. The van der Waals surface area contributed by atoms with Gasteiger partial charge in [-0.05, 0) is 73.2 Å². The fourth-order valence-corrected chi connectivity index (χ4v) is 6.25. The Morgan fingerprint density at radius 2 is 0.854 bits per heavy atom. The fraction of sp³-hybridized carbons (Fsp3) is 0.0952. The summed E-state index contributed by atoms with van der Waals surface area (Å²) in [4.78, 5) is 10.2. The van der Waals surface area contributed by atoms with Crippen LogP contribution in [0.2, 0.25) is 0 Å². The van der Waals surface area contributed by atoms with Gasteiger partial charge in [0.1, 0.15) is 12.1 Å². The molecule has 0 atom stereocenters. The lowest BCUT2D eigenvalue weighted by Gasteiger charge is -2.11. The smallest absolute Gasteiger partial charge is 0.102 e. The molecule has 0 saturated carbocycles. The monoisotopic (exact) mass is 620 g/mol. The molecule has 0 amide bonds. The van der Waals surface area contributed by atoms with Crippen molar-refractivity contribution in [2.24, 2.45) is 9.98 Å². The van der Waals surface area contributed by atoms with Crippen LogP contribution < -0.4 is 10.6 Å². The Kier molecular flexibility index (Phi) is 7.77. The summed E-state index contributed by atoms with van der Waals surface area (Å²) in [5.41, 5.74) is 14.9. The van der Waals surface area contributed by atoms with Gasteiger partial charge in [-0.15, -0.1) is 0 Å². The van der Waals surface area contributed by atoms with Gasteiger partial charge in [0, 0.05) is 11.1 Å². The molecule has 0 aliphatic carbocycles. The van der Waals surface area contributed by atoms with Gasteiger partial charge >= 0.3 is 0 Å². The molecule has 230 valence electrons. The lowest BCUT2D eigenvalue weighted by Crippen LogP contribution is -2.07. The maximum atomic E-state index is 10.6. The van der Waals surface area contributed by atoms with Crippen LogP contribution in [0, 0.1) is 50.4 Å². The number of allylic oxidation sites excluding steroid dienone is 4. The minimum Gasteiger partial charge on any atom is -0.352 e. The van der Waals surface area contributed by atoms with Crippen molar-refractivity contribution in [2.75, 3.05) is 10.6 Å². The molecular weight excluding hydrogens is 589 g/mol. The molecule has 2 N–H and O–H groups in total. The van der Waals surface area contributed by atoms with Crippen LogP contribution >= 0.6 is 0 Å². The zero-order valence-electron chi connectivity index (χ0n) is 27.2. The van der Waals surface area contributed by atoms with Gasteiger partial charge in [0.05, 0.1) is 56.7 Å². The fourth-order valence-electron chi connectivity index (χ4n) is 6.25. The summed E-state index contributed by atoms with van der Waals surface area (Å²) in [7, 11) is 0. The van der Waals surface area contributed by atoms with Crippen molar-refractivity contribution >= 4 is 45.3 Å². The van der Waals surface area contributed by atoms with Gasteiger partial charge in [0.25, 0.3) is 0 Å². The number of aryl methyl sites for hydroxylation is 4. The first-order chi connectivity index (χ1) is 23.4. The maximum absolute atomic E-state index is 10.6. The summed E-state index contributed by atoms with van der Waals surface area (Å²) in [6, 6.07) is 40.6. The second kappa shape index (κ2) is 12.4. The molecule has 2 aliphatic rings. The van der Waals surface area contributed by atoms with Crippen LogP contribution in [0.15, 0.2) is 131 Å². The molecule has 2 aliphatic heterocycles. The van der Waals surface area contributed by atoms with Crippen molar-refractivity contribution in [1.82, 2.24) is 0 Å². The molecular formula is C42H32N6. The number of para-hydroxylation sites is 4. The van der Waals surface area contributed by atoms with Crippen LogP contribution in [-0.4, -0.2) is 11.4 Å². The Balaban J connectivity index is 1.35. The van der Waals surface area contributed by atoms with Gasteiger partial charge in [-0.25, -0.2) is 9.98 Å². The van der Waals surface area contributed by atoms with Crippen LogP contribution in [0.25, 0.3) is 11.1 Å². The Morgan fingerprint density at radius 1 is 0.479 bits per heavy atom. The molecule has 5 aromatic carbocycles. The molecule has 0 saturated heterocycles. The average molecular weight is 621 g/mol. The minimum absolute atomic E-state index is 0.472. The summed E-state index contributed by atoms with van der Waals surface area (Å²) < 4.78 is 0. The Hall–Kier alpha value is -6.50. The number of anilines is 2. The predicted molar refractivity (Wildman–Crippen MR) is 196 cm³/mol. The largest absolute Gasteiger partial charge is 0.352 e. The van der Waals surface area contributed by atoms with E-state index in [0.29, 0.717) is 22.5 Å². The zero-order valence-corrected chi connectivity index (χ0v) is 27.2. The molecule has 0 radical (unpaired) electrons. The lowest BCUT2D eigenvalue weighted by atomic mass is 9.96. The van der Waals surface area contributed by atoms with Gasteiger partial charge < -0.3 is 10.6 Å². The van der Waals surface area contributed by atoms with Gasteiger partial charge in [0.15, 0.2) is 0 Å². The number of rotatable bonds is 4. The third-order valence-corrected chi connectivity index (χ3v) is 8.91. The average Bonchev–Trinajstić information content (AvgIpc) is 3.64. The summed E-state index contributed by atoms with van der Waals surface area (Å²) in [5, 5.41) is 28.2. The Labute approximate surface area is 280 Å². The molecule has 7 rings (SSSR count). The van der Waals surface area contributed by atoms with Crippen LogP contribution in [0.1, 0.15) is 44.5 Å². The van der Waals surface area contributed by atoms with Crippen molar-refractivity contribution < 1.29 is 0 Å². The zero-order chi connectivity index (χ0) is 33.4. The summed E-state index contributed by atoms with van der Waals surface area (Å²) >= 11 is 0. The topological polar surface area (TPSA) is 96.4 Å². The second-order valence-corrected chi connectivity index (χ2v) is 12.0. The lowest BCUT2D eigenvalue weighted by molar-refractivity contribution is 1.39.